The molecular formula is C19H23N3O3. The third kappa shape index (κ3) is 4.09. The van der Waals surface area contributed by atoms with Crippen molar-refractivity contribution >= 4 is 17.5 Å². The number of anilines is 1. The van der Waals surface area contributed by atoms with Gasteiger partial charge in [-0.05, 0) is 63.3 Å². The van der Waals surface area contributed by atoms with Gasteiger partial charge >= 0.3 is 0 Å². The number of carbonyl (C=O) groups excluding carboxylic acids is 2. The Morgan fingerprint density at radius 3 is 2.64 bits per heavy atom. The van der Waals surface area contributed by atoms with Gasteiger partial charge in [-0.25, -0.2) is 0 Å². The van der Waals surface area contributed by atoms with Gasteiger partial charge in [-0.3, -0.25) is 9.59 Å². The van der Waals surface area contributed by atoms with Crippen LogP contribution in [0.1, 0.15) is 33.8 Å². The number of nitrogens with zero attached hydrogens (tertiary/aromatic N) is 2. The highest BCUT2D eigenvalue weighted by Gasteiger charge is 2.24. The van der Waals surface area contributed by atoms with E-state index in [1.807, 2.05) is 11.9 Å². The Morgan fingerprint density at radius 2 is 1.96 bits per heavy atom. The topological polar surface area (TPSA) is 65.8 Å². The first-order valence-electron chi connectivity index (χ1n) is 8.45. The van der Waals surface area contributed by atoms with E-state index in [0.29, 0.717) is 11.3 Å². The molecule has 2 aromatic rings. The van der Waals surface area contributed by atoms with Crippen LogP contribution in [0.3, 0.4) is 0 Å². The molecule has 0 saturated carbocycles. The second-order valence-electron chi connectivity index (χ2n) is 6.46. The van der Waals surface area contributed by atoms with Crippen molar-refractivity contribution in [1.82, 2.24) is 9.80 Å². The highest BCUT2D eigenvalue weighted by Crippen LogP contribution is 2.19. The Hall–Kier alpha value is -2.60. The lowest BCUT2D eigenvalue weighted by atomic mass is 10.0. The lowest BCUT2D eigenvalue weighted by Gasteiger charge is -2.35. The quantitative estimate of drug-likeness (QED) is 0.928. The summed E-state index contributed by atoms with van der Waals surface area (Å²) in [5.74, 6) is -0.123. The molecule has 0 atom stereocenters. The predicted molar refractivity (Wildman–Crippen MR) is 95.7 cm³/mol. The molecule has 0 spiro atoms. The van der Waals surface area contributed by atoms with Crippen LogP contribution in [0, 0.1) is 0 Å². The fourth-order valence-electron chi connectivity index (χ4n) is 3.08. The Kier molecular flexibility index (Phi) is 5.19. The van der Waals surface area contributed by atoms with Gasteiger partial charge in [0.25, 0.3) is 11.8 Å². The van der Waals surface area contributed by atoms with Crippen molar-refractivity contribution in [2.75, 3.05) is 32.5 Å². The SMILES string of the molecule is CN1CCC(N(C)C(=O)c2cccc(NC(=O)c3ccco3)c2)CC1. The van der Waals surface area contributed by atoms with Crippen LogP contribution in [0.4, 0.5) is 5.69 Å². The van der Waals surface area contributed by atoms with Crippen molar-refractivity contribution in [3.05, 3.63) is 54.0 Å². The summed E-state index contributed by atoms with van der Waals surface area (Å²) >= 11 is 0. The number of nitrogens with one attached hydrogen (secondary N) is 1. The van der Waals surface area contributed by atoms with E-state index >= 15 is 0 Å². The van der Waals surface area contributed by atoms with E-state index in [1.54, 1.807) is 36.4 Å². The summed E-state index contributed by atoms with van der Waals surface area (Å²) < 4.78 is 5.08. The van der Waals surface area contributed by atoms with Crippen LogP contribution in [0.15, 0.2) is 47.1 Å². The molecule has 132 valence electrons. The van der Waals surface area contributed by atoms with Crippen molar-refractivity contribution in [2.24, 2.45) is 0 Å². The standard InChI is InChI=1S/C19H23N3O3/c1-21-10-8-16(9-11-21)22(2)19(24)14-5-3-6-15(13-14)20-18(23)17-7-4-12-25-17/h3-7,12-13,16H,8-11H2,1-2H3,(H,20,23). The van der Waals surface area contributed by atoms with Gasteiger partial charge in [-0.1, -0.05) is 6.07 Å². The molecular weight excluding hydrogens is 318 g/mol. The number of hydrogen-bond acceptors (Lipinski definition) is 4. The number of rotatable bonds is 4. The van der Waals surface area contributed by atoms with Crippen LogP contribution in [-0.2, 0) is 0 Å². The molecule has 2 heterocycles. The second-order valence-corrected chi connectivity index (χ2v) is 6.46. The molecule has 6 nitrogen and oxygen atoms in total. The Morgan fingerprint density at radius 1 is 1.20 bits per heavy atom. The molecule has 0 bridgehead atoms. The van der Waals surface area contributed by atoms with Gasteiger partial charge in [-0.2, -0.15) is 0 Å². The van der Waals surface area contributed by atoms with E-state index < -0.39 is 0 Å². The van der Waals surface area contributed by atoms with E-state index in [-0.39, 0.29) is 23.6 Å². The molecule has 1 aromatic heterocycles. The predicted octanol–water partition coefficient (Wildman–Crippen LogP) is 2.70. The number of likely N-dealkylation sites (tertiary alicyclic amines) is 1. The maximum Gasteiger partial charge on any atom is 0.291 e. The minimum absolute atomic E-state index is 0.0244. The van der Waals surface area contributed by atoms with Crippen LogP contribution in [0.5, 0.6) is 0 Å². The molecule has 3 rings (SSSR count). The van der Waals surface area contributed by atoms with Crippen molar-refractivity contribution < 1.29 is 14.0 Å². The number of carbonyl (C=O) groups is 2. The van der Waals surface area contributed by atoms with Gasteiger partial charge in [0, 0.05) is 24.3 Å². The molecule has 6 heteroatoms. The molecule has 1 N–H and O–H groups in total. The summed E-state index contributed by atoms with van der Waals surface area (Å²) in [6, 6.07) is 10.5. The average Bonchev–Trinajstić information content (AvgIpc) is 3.16. The number of piperidine rings is 1. The van der Waals surface area contributed by atoms with Crippen LogP contribution in [0.2, 0.25) is 0 Å². The van der Waals surface area contributed by atoms with Gasteiger partial charge < -0.3 is 19.5 Å². The van der Waals surface area contributed by atoms with Crippen LogP contribution in [-0.4, -0.2) is 54.8 Å². The smallest absolute Gasteiger partial charge is 0.291 e. The summed E-state index contributed by atoms with van der Waals surface area (Å²) in [7, 11) is 3.95. The van der Waals surface area contributed by atoms with Crippen molar-refractivity contribution in [1.29, 1.82) is 0 Å². The van der Waals surface area contributed by atoms with E-state index in [9.17, 15) is 9.59 Å². The summed E-state index contributed by atoms with van der Waals surface area (Å²) in [4.78, 5) is 28.9. The minimum atomic E-state index is -0.335. The molecule has 2 amide bonds. The fourth-order valence-corrected chi connectivity index (χ4v) is 3.08. The molecule has 1 saturated heterocycles. The Bertz CT molecular complexity index is 734. The monoisotopic (exact) mass is 341 g/mol. The first-order valence-corrected chi connectivity index (χ1v) is 8.45. The van der Waals surface area contributed by atoms with Crippen LogP contribution >= 0.6 is 0 Å². The first kappa shape index (κ1) is 17.2. The van der Waals surface area contributed by atoms with Gasteiger partial charge in [0.05, 0.1) is 6.26 Å². The third-order valence-corrected chi connectivity index (χ3v) is 4.67. The van der Waals surface area contributed by atoms with E-state index in [1.165, 1.54) is 6.26 Å². The third-order valence-electron chi connectivity index (χ3n) is 4.67. The summed E-state index contributed by atoms with van der Waals surface area (Å²) in [6.45, 7) is 2.00. The zero-order chi connectivity index (χ0) is 17.8. The van der Waals surface area contributed by atoms with E-state index in [4.69, 9.17) is 4.42 Å². The number of amides is 2. The first-order chi connectivity index (χ1) is 12.0. The molecule has 1 fully saturated rings. The van der Waals surface area contributed by atoms with Crippen molar-refractivity contribution in [2.45, 2.75) is 18.9 Å². The van der Waals surface area contributed by atoms with Gasteiger partial charge in [0.1, 0.15) is 0 Å². The molecule has 25 heavy (non-hydrogen) atoms. The lowest BCUT2D eigenvalue weighted by molar-refractivity contribution is 0.0659. The fraction of sp³-hybridized carbons (Fsp3) is 0.368. The maximum atomic E-state index is 12.8. The second kappa shape index (κ2) is 7.53. The van der Waals surface area contributed by atoms with Crippen LogP contribution < -0.4 is 5.32 Å². The van der Waals surface area contributed by atoms with E-state index in [2.05, 4.69) is 17.3 Å². The molecule has 1 aliphatic rings. The van der Waals surface area contributed by atoms with Gasteiger partial charge in [-0.15, -0.1) is 0 Å². The number of hydrogen-bond donors (Lipinski definition) is 1. The van der Waals surface area contributed by atoms with Crippen LogP contribution in [0.25, 0.3) is 0 Å². The summed E-state index contributed by atoms with van der Waals surface area (Å²) in [5.41, 5.74) is 1.14. The Labute approximate surface area is 147 Å². The summed E-state index contributed by atoms with van der Waals surface area (Å²) in [6.07, 6.45) is 3.41. The molecule has 1 aliphatic heterocycles. The zero-order valence-corrected chi connectivity index (χ0v) is 14.6. The van der Waals surface area contributed by atoms with Crippen molar-refractivity contribution in [3.8, 4) is 0 Å². The molecule has 1 aromatic carbocycles. The Balaban J connectivity index is 1.68. The highest BCUT2D eigenvalue weighted by atomic mass is 16.3. The summed E-state index contributed by atoms with van der Waals surface area (Å²) in [5, 5.41) is 2.75. The maximum absolute atomic E-state index is 12.8. The van der Waals surface area contributed by atoms with Crippen molar-refractivity contribution in [3.63, 3.8) is 0 Å². The highest BCUT2D eigenvalue weighted by molar-refractivity contribution is 6.03. The minimum Gasteiger partial charge on any atom is -0.459 e. The molecule has 0 unspecified atom stereocenters. The number of furan rings is 1. The van der Waals surface area contributed by atoms with E-state index in [0.717, 1.165) is 25.9 Å². The molecule has 0 radical (unpaired) electrons. The largest absolute Gasteiger partial charge is 0.459 e. The average molecular weight is 341 g/mol. The van der Waals surface area contributed by atoms with Gasteiger partial charge in [0.15, 0.2) is 5.76 Å². The lowest BCUT2D eigenvalue weighted by Crippen LogP contribution is -2.44. The normalized spacial score (nSPS) is 15.8. The molecule has 0 aliphatic carbocycles. The van der Waals surface area contributed by atoms with Gasteiger partial charge in [0.2, 0.25) is 0 Å². The number of benzene rings is 1. The zero-order valence-electron chi connectivity index (χ0n) is 14.6.